The highest BCUT2D eigenvalue weighted by molar-refractivity contribution is 7.84. The van der Waals surface area contributed by atoms with Crippen LogP contribution >= 0.6 is 0 Å². The quantitative estimate of drug-likeness (QED) is 0.546. The minimum atomic E-state index is -4.46. The average molecular weight is 454 g/mol. The summed E-state index contributed by atoms with van der Waals surface area (Å²) in [4.78, 5) is 19.4. The Hall–Kier alpha value is -1.06. The Labute approximate surface area is 176 Å². The first-order chi connectivity index (χ1) is 13.8. The summed E-state index contributed by atoms with van der Waals surface area (Å²) >= 11 is 0. The van der Waals surface area contributed by atoms with Gasteiger partial charge in [0.2, 0.25) is 5.79 Å². The maximum absolute atomic E-state index is 12.2. The van der Waals surface area contributed by atoms with Crippen LogP contribution in [-0.2, 0) is 43.0 Å². The molecule has 174 valence electrons. The van der Waals surface area contributed by atoms with Crippen LogP contribution in [0.1, 0.15) is 41.5 Å². The van der Waals surface area contributed by atoms with E-state index < -0.39 is 58.7 Å². The lowest BCUT2D eigenvalue weighted by Crippen LogP contribution is -2.60. The van der Waals surface area contributed by atoms with Crippen molar-refractivity contribution in [2.24, 2.45) is 0 Å². The van der Waals surface area contributed by atoms with Gasteiger partial charge in [-0.15, -0.1) is 0 Å². The summed E-state index contributed by atoms with van der Waals surface area (Å²) in [5, 5.41) is 0. The fourth-order valence-corrected chi connectivity index (χ4v) is 4.31. The van der Waals surface area contributed by atoms with E-state index in [-0.39, 0.29) is 6.61 Å². The van der Waals surface area contributed by atoms with Gasteiger partial charge in [-0.25, -0.2) is 4.79 Å². The van der Waals surface area contributed by atoms with Crippen molar-refractivity contribution in [2.45, 2.75) is 77.2 Å². The molecule has 13 heteroatoms. The first-order valence-corrected chi connectivity index (χ1v) is 11.2. The molecule has 3 aliphatic heterocycles. The van der Waals surface area contributed by atoms with Crippen molar-refractivity contribution in [1.82, 2.24) is 9.79 Å². The molecule has 3 rings (SSSR count). The standard InChI is InChI=1S/C17H30N2O10S/c1-7-19(8-2)14(20)28-18-30(21,22)24-10-17-13(27-16(5,6)29-17)12-11(9-23-17)25-15(3,4)26-12/h11-13,18H,7-10H2,1-6H3/t11?,12?,13?,17-/m0/s1. The third-order valence-corrected chi connectivity index (χ3v) is 5.66. The fourth-order valence-electron chi connectivity index (χ4n) is 3.76. The van der Waals surface area contributed by atoms with Crippen molar-refractivity contribution in [3.05, 3.63) is 0 Å². The number of nitrogens with zero attached hydrogens (tertiary/aromatic N) is 1. The highest BCUT2D eigenvalue weighted by Crippen LogP contribution is 2.47. The molecule has 0 radical (unpaired) electrons. The number of hydrogen-bond acceptors (Lipinski definition) is 10. The summed E-state index contributed by atoms with van der Waals surface area (Å²) in [7, 11) is -4.46. The maximum Gasteiger partial charge on any atom is 0.429 e. The third-order valence-electron chi connectivity index (χ3n) is 4.94. The molecule has 1 N–H and O–H groups in total. The first-order valence-electron chi connectivity index (χ1n) is 9.81. The molecular formula is C17H30N2O10S. The van der Waals surface area contributed by atoms with Crippen LogP contribution in [0.15, 0.2) is 0 Å². The summed E-state index contributed by atoms with van der Waals surface area (Å²) in [6.45, 7) is 10.6. The van der Waals surface area contributed by atoms with Gasteiger partial charge in [-0.05, 0) is 46.4 Å². The Kier molecular flexibility index (Phi) is 6.40. The monoisotopic (exact) mass is 454 g/mol. The second kappa shape index (κ2) is 8.13. The zero-order valence-electron chi connectivity index (χ0n) is 18.0. The molecule has 3 aliphatic rings. The second-order valence-corrected chi connectivity index (χ2v) is 9.45. The van der Waals surface area contributed by atoms with Crippen molar-refractivity contribution in [3.63, 3.8) is 0 Å². The summed E-state index contributed by atoms with van der Waals surface area (Å²) < 4.78 is 58.9. The normalized spacial score (nSPS) is 34.3. The average Bonchev–Trinajstić information content (AvgIpc) is 3.11. The molecule has 0 aromatic carbocycles. The van der Waals surface area contributed by atoms with E-state index in [1.165, 1.54) is 4.90 Å². The maximum atomic E-state index is 12.2. The van der Waals surface area contributed by atoms with Gasteiger partial charge in [-0.2, -0.15) is 8.42 Å². The van der Waals surface area contributed by atoms with Crippen molar-refractivity contribution >= 4 is 16.4 Å². The van der Waals surface area contributed by atoms with Crippen molar-refractivity contribution in [3.8, 4) is 0 Å². The molecule has 3 saturated heterocycles. The van der Waals surface area contributed by atoms with Crippen LogP contribution in [-0.4, -0.2) is 81.4 Å². The molecule has 30 heavy (non-hydrogen) atoms. The number of carbonyl (C=O) groups is 1. The van der Waals surface area contributed by atoms with E-state index >= 15 is 0 Å². The Morgan fingerprint density at radius 1 is 1.10 bits per heavy atom. The van der Waals surface area contributed by atoms with Gasteiger partial charge in [0.25, 0.3) is 0 Å². The van der Waals surface area contributed by atoms with Gasteiger partial charge >= 0.3 is 16.4 Å². The van der Waals surface area contributed by atoms with Crippen LogP contribution in [0.4, 0.5) is 4.79 Å². The van der Waals surface area contributed by atoms with E-state index in [9.17, 15) is 13.2 Å². The van der Waals surface area contributed by atoms with E-state index in [0.717, 1.165) is 0 Å². The lowest BCUT2D eigenvalue weighted by molar-refractivity contribution is -0.290. The van der Waals surface area contributed by atoms with Crippen LogP contribution in [0.2, 0.25) is 0 Å². The largest absolute Gasteiger partial charge is 0.429 e. The van der Waals surface area contributed by atoms with Crippen LogP contribution in [0, 0.1) is 0 Å². The molecule has 12 nitrogen and oxygen atoms in total. The van der Waals surface area contributed by atoms with Crippen molar-refractivity contribution in [1.29, 1.82) is 0 Å². The Morgan fingerprint density at radius 2 is 1.77 bits per heavy atom. The SMILES string of the molecule is CCN(CC)C(=O)ONS(=O)(=O)OC[C@@]12OCC3OC(C)(C)OC3C1OC(C)(C)O2. The molecular weight excluding hydrogens is 424 g/mol. The van der Waals surface area contributed by atoms with Gasteiger partial charge in [0.05, 0.1) is 6.61 Å². The van der Waals surface area contributed by atoms with Gasteiger partial charge in [0.1, 0.15) is 24.9 Å². The number of fused-ring (bicyclic) bond motifs is 3. The Bertz CT molecular complexity index is 754. The van der Waals surface area contributed by atoms with Gasteiger partial charge in [0, 0.05) is 13.1 Å². The molecule has 0 aromatic rings. The number of nitrogens with one attached hydrogen (secondary N) is 1. The summed E-state index contributed by atoms with van der Waals surface area (Å²) in [6, 6.07) is 0. The van der Waals surface area contributed by atoms with Crippen molar-refractivity contribution in [2.75, 3.05) is 26.3 Å². The van der Waals surface area contributed by atoms with E-state index in [2.05, 4.69) is 4.84 Å². The number of carbonyl (C=O) groups excluding carboxylic acids is 1. The summed E-state index contributed by atoms with van der Waals surface area (Å²) in [6.07, 6.45) is -2.60. The van der Waals surface area contributed by atoms with Gasteiger partial charge in [-0.3, -0.25) is 4.18 Å². The molecule has 0 aromatic heterocycles. The molecule has 0 aliphatic carbocycles. The fraction of sp³-hybridized carbons (Fsp3) is 0.941. The summed E-state index contributed by atoms with van der Waals surface area (Å²) in [5.74, 6) is -3.48. The predicted octanol–water partition coefficient (Wildman–Crippen LogP) is 0.629. The lowest BCUT2D eigenvalue weighted by Gasteiger charge is -2.40. The van der Waals surface area contributed by atoms with Crippen molar-refractivity contribution < 1.29 is 45.9 Å². The number of rotatable bonds is 7. The zero-order chi connectivity index (χ0) is 22.4. The van der Waals surface area contributed by atoms with Crippen LogP contribution in [0.5, 0.6) is 0 Å². The molecule has 0 spiro atoms. The molecule has 0 saturated carbocycles. The van der Waals surface area contributed by atoms with Gasteiger partial charge in [-0.1, -0.05) is 0 Å². The Morgan fingerprint density at radius 3 is 2.40 bits per heavy atom. The van der Waals surface area contributed by atoms with E-state index in [1.807, 2.05) is 0 Å². The van der Waals surface area contributed by atoms with Crippen LogP contribution < -0.4 is 4.89 Å². The smallest absolute Gasteiger partial charge is 0.343 e. The molecule has 1 amide bonds. The minimum absolute atomic E-state index is 0.0951. The molecule has 3 fully saturated rings. The predicted molar refractivity (Wildman–Crippen MR) is 100.0 cm³/mol. The number of ether oxygens (including phenoxy) is 5. The minimum Gasteiger partial charge on any atom is -0.343 e. The number of hydrogen-bond donors (Lipinski definition) is 1. The molecule has 3 heterocycles. The zero-order valence-corrected chi connectivity index (χ0v) is 18.8. The molecule has 0 bridgehead atoms. The third kappa shape index (κ3) is 4.88. The first kappa shape index (κ1) is 23.6. The van der Waals surface area contributed by atoms with E-state index in [1.54, 1.807) is 46.4 Å². The van der Waals surface area contributed by atoms with Gasteiger partial charge < -0.3 is 33.4 Å². The summed E-state index contributed by atoms with van der Waals surface area (Å²) in [5.41, 5.74) is 0. The van der Waals surface area contributed by atoms with Crippen LogP contribution in [0.3, 0.4) is 0 Å². The van der Waals surface area contributed by atoms with Crippen LogP contribution in [0.25, 0.3) is 0 Å². The van der Waals surface area contributed by atoms with Gasteiger partial charge in [0.15, 0.2) is 11.6 Å². The van der Waals surface area contributed by atoms with E-state index in [0.29, 0.717) is 13.1 Å². The second-order valence-electron chi connectivity index (χ2n) is 8.14. The molecule has 4 atom stereocenters. The van der Waals surface area contributed by atoms with E-state index in [4.69, 9.17) is 27.9 Å². The highest BCUT2D eigenvalue weighted by atomic mass is 32.2. The highest BCUT2D eigenvalue weighted by Gasteiger charge is 2.65. The Balaban J connectivity index is 1.67. The molecule has 3 unspecified atom stereocenters. The topological polar surface area (TPSA) is 131 Å². The number of amides is 1. The lowest BCUT2D eigenvalue weighted by atomic mass is 9.98.